The van der Waals surface area contributed by atoms with Gasteiger partial charge < -0.3 is 112 Å². The molecule has 0 aromatic rings. The normalized spacial score (nSPS) is 39.5. The van der Waals surface area contributed by atoms with Crippen LogP contribution < -0.4 is 25.5 Å². The second-order valence-corrected chi connectivity index (χ2v) is 17.9. The molecule has 4 fully saturated rings. The average molecular weight is 1080 g/mol. The van der Waals surface area contributed by atoms with Crippen molar-refractivity contribution in [3.05, 3.63) is 0 Å². The summed E-state index contributed by atoms with van der Waals surface area (Å²) < 4.78 is 173. The van der Waals surface area contributed by atoms with Crippen LogP contribution in [0.15, 0.2) is 0 Å². The highest BCUT2D eigenvalue weighted by Gasteiger charge is 2.58. The summed E-state index contributed by atoms with van der Waals surface area (Å²) in [5, 5.41) is 94.8. The van der Waals surface area contributed by atoms with Crippen LogP contribution in [0.5, 0.6) is 0 Å². The first-order valence-corrected chi connectivity index (χ1v) is 23.2. The van der Waals surface area contributed by atoms with E-state index in [4.69, 9.17) is 46.8 Å². The minimum atomic E-state index is -6.11. The molecule has 1 amide bonds. The second-order valence-electron chi connectivity index (χ2n) is 14.2. The number of aliphatic hydroxyl groups excluding tert-OH is 5. The van der Waals surface area contributed by atoms with Gasteiger partial charge >= 0.3 is 0 Å². The van der Waals surface area contributed by atoms with E-state index in [2.05, 4.69) is 23.1 Å². The highest BCUT2D eigenvalue weighted by molar-refractivity contribution is 7.89. The predicted molar refractivity (Wildman–Crippen MR) is 187 cm³/mol. The van der Waals surface area contributed by atoms with Gasteiger partial charge in [0.05, 0.1) is 25.2 Å². The van der Waals surface area contributed by atoms with Crippen molar-refractivity contribution >= 4 is 61.3 Å². The van der Waals surface area contributed by atoms with Crippen molar-refractivity contribution in [2.75, 3.05) is 27.4 Å². The van der Waals surface area contributed by atoms with Crippen LogP contribution in [0.4, 0.5) is 0 Å². The number of carbonyl (C=O) groups excluding carboxylic acids is 3. The van der Waals surface area contributed by atoms with Crippen molar-refractivity contribution < 1.29 is 159 Å². The zero-order valence-corrected chi connectivity index (χ0v) is 37.4. The Hall–Kier alpha value is -2.35. The Morgan fingerprint density at radius 2 is 1.22 bits per heavy atom. The Morgan fingerprint density at radius 3 is 1.74 bits per heavy atom. The average Bonchev–Trinajstić information content (AvgIpc) is 3.22. The molecule has 4 aliphatic heterocycles. The van der Waals surface area contributed by atoms with Gasteiger partial charge in [0.25, 0.3) is 0 Å². The van der Waals surface area contributed by atoms with Crippen LogP contribution >= 0.6 is 12.3 Å². The van der Waals surface area contributed by atoms with Gasteiger partial charge in [-0.15, -0.1) is 4.33 Å². The Labute approximate surface area is 386 Å². The smallest absolute Gasteiger partial charge is 0.218 e. The van der Waals surface area contributed by atoms with E-state index in [0.717, 1.165) is 21.1 Å². The number of ether oxygens (including phenoxy) is 9. The summed E-state index contributed by atoms with van der Waals surface area (Å²) in [5.74, 6) is -5.59. The zero-order valence-electron chi connectivity index (χ0n) is 34.2. The molecular formula is C28H40N2O34S4-6. The van der Waals surface area contributed by atoms with E-state index in [9.17, 15) is 94.3 Å². The fourth-order valence-corrected chi connectivity index (χ4v) is 8.89. The van der Waals surface area contributed by atoms with Gasteiger partial charge in [-0.05, 0) is 0 Å². The summed E-state index contributed by atoms with van der Waals surface area (Å²) in [5.41, 5.74) is 0. The number of hydrogen-bond donors (Lipinski definition) is 7. The van der Waals surface area contributed by atoms with Crippen molar-refractivity contribution in [3.8, 4) is 0 Å². The maximum Gasteiger partial charge on any atom is 0.218 e. The van der Waals surface area contributed by atoms with E-state index >= 15 is 0 Å². The molecule has 0 saturated carbocycles. The fraction of sp³-hybridized carbons (Fsp3) is 0.893. The van der Waals surface area contributed by atoms with E-state index in [1.165, 1.54) is 4.72 Å². The first-order chi connectivity index (χ1) is 31.6. The minimum absolute atomic E-state index is 0.392. The van der Waals surface area contributed by atoms with Gasteiger partial charge in [-0.1, -0.05) is 0 Å². The maximum absolute atomic E-state index is 12.7. The molecule has 0 aliphatic carbocycles. The highest BCUT2D eigenvalue weighted by Crippen LogP contribution is 2.37. The lowest BCUT2D eigenvalue weighted by atomic mass is 9.94. The first-order valence-electron chi connectivity index (χ1n) is 18.5. The van der Waals surface area contributed by atoms with Gasteiger partial charge in [-0.2, -0.15) is 0 Å². The van der Waals surface area contributed by atoms with Crippen molar-refractivity contribution in [1.82, 2.24) is 10.0 Å². The summed E-state index contributed by atoms with van der Waals surface area (Å²) in [4.78, 5) is 36.9. The number of hydrogen-bond acceptors (Lipinski definition) is 35. The Kier molecular flexibility index (Phi) is 20.9. The predicted octanol–water partition coefficient (Wildman–Crippen LogP) is -12.9. The van der Waals surface area contributed by atoms with E-state index in [1.807, 2.05) is 0 Å². The summed E-state index contributed by atoms with van der Waals surface area (Å²) in [6.45, 7) is -1.96. The number of aliphatic carboxylic acids is 2. The summed E-state index contributed by atoms with van der Waals surface area (Å²) in [7, 11) is -15.6. The molecule has 68 heavy (non-hydrogen) atoms. The third kappa shape index (κ3) is 15.1. The van der Waals surface area contributed by atoms with E-state index in [-0.39, 0.29) is 0 Å². The van der Waals surface area contributed by atoms with E-state index < -0.39 is 197 Å². The van der Waals surface area contributed by atoms with Gasteiger partial charge in [-0.25, -0.2) is 30.0 Å². The van der Waals surface area contributed by atoms with Crippen LogP contribution in [0.25, 0.3) is 0 Å². The third-order valence-electron chi connectivity index (χ3n) is 9.87. The molecule has 0 spiro atoms. The number of amides is 1. The van der Waals surface area contributed by atoms with Crippen molar-refractivity contribution in [2.45, 2.75) is 130 Å². The molecule has 0 bridgehead atoms. The number of aliphatic hydroxyl groups is 5. The number of methoxy groups -OCH3 is 2. The van der Waals surface area contributed by atoms with Crippen LogP contribution in [0, 0.1) is 0 Å². The molecule has 4 rings (SSSR count). The van der Waals surface area contributed by atoms with Gasteiger partial charge in [0.15, 0.2) is 53.9 Å². The Balaban J connectivity index is 1.76. The van der Waals surface area contributed by atoms with E-state index in [1.54, 1.807) is 0 Å². The summed E-state index contributed by atoms with van der Waals surface area (Å²) in [6.07, 6.45) is -42.8. The SMILES string of the molecule is COC1OC(CO)C(OC2OC(C(=O)[O-])C(OC3OC(COS(=O)(=O)[O-])C(OC4OC(C(=O)[O-])C(OC)C(O)C4O)C(O)C3NC(C)=O)C(O)C2OS(=O)(=O)[O-])C(OSOO[O-])C1NS(=O)(=O)[O-]. The molecule has 4 saturated heterocycles. The van der Waals surface area contributed by atoms with Crippen LogP contribution in [0.1, 0.15) is 6.92 Å². The molecule has 0 aromatic carbocycles. The molecule has 396 valence electrons. The monoisotopic (exact) mass is 1080 g/mol. The quantitative estimate of drug-likeness (QED) is 0.0125. The number of carboxylic acid groups (broad SMARTS) is 2. The number of carbonyl (C=O) groups is 3. The lowest BCUT2D eigenvalue weighted by Gasteiger charge is -2.51. The van der Waals surface area contributed by atoms with Gasteiger partial charge in [0.2, 0.25) is 26.7 Å². The Bertz CT molecular complexity index is 2040. The van der Waals surface area contributed by atoms with E-state index in [0.29, 0.717) is 0 Å². The van der Waals surface area contributed by atoms with Crippen molar-refractivity contribution in [3.63, 3.8) is 0 Å². The molecule has 7 N–H and O–H groups in total. The standard InChI is InChI=1S/C28H46N2O34S4/c1-6(32)29-9-11(33)15(56-27-13(35)12(34)18(51-2)21(59-27)23(37)38)8(5-53-67(45,46)47)55-26(9)58-19-14(36)20(62-68(48,49)50)28(60-22(19)24(39)40)57-16-7(4-31)54-25(52-3)10(30-66(42,43)44)17(16)61-65-64-63-41/h7-22,25-28,30-31,33-36,41H,4-5H2,1-3H3,(H,29,32)(H,37,38)(H,39,40)(H,42,43,44)(H,45,46,47)(H,48,49,50)/p-6. The number of rotatable bonds is 23. The second kappa shape index (κ2) is 24.4. The summed E-state index contributed by atoms with van der Waals surface area (Å²) >= 11 is -0.392. The molecule has 40 heteroatoms. The topological polar surface area (TPSA) is 546 Å². The zero-order chi connectivity index (χ0) is 51.2. The van der Waals surface area contributed by atoms with Crippen LogP contribution in [0.3, 0.4) is 0 Å². The van der Waals surface area contributed by atoms with Crippen molar-refractivity contribution in [1.29, 1.82) is 0 Å². The molecule has 20 atom stereocenters. The molecule has 4 aliphatic rings. The van der Waals surface area contributed by atoms with Crippen LogP contribution in [-0.4, -0.2) is 232 Å². The molecule has 0 aromatic heterocycles. The van der Waals surface area contributed by atoms with Crippen molar-refractivity contribution in [2.24, 2.45) is 0 Å². The maximum atomic E-state index is 12.7. The van der Waals surface area contributed by atoms with Gasteiger partial charge in [0.1, 0.15) is 91.4 Å². The molecular weight excluding hydrogens is 1040 g/mol. The molecule has 0 radical (unpaired) electrons. The molecule has 20 unspecified atom stereocenters. The minimum Gasteiger partial charge on any atom is -0.735 e. The molecule has 36 nitrogen and oxygen atoms in total. The largest absolute Gasteiger partial charge is 0.735 e. The number of nitrogens with one attached hydrogen (secondary N) is 2. The van der Waals surface area contributed by atoms with Gasteiger partial charge in [0, 0.05) is 21.1 Å². The van der Waals surface area contributed by atoms with Gasteiger partial charge in [-0.3, -0.25) is 22.4 Å². The Morgan fingerprint density at radius 1 is 0.647 bits per heavy atom. The van der Waals surface area contributed by atoms with Crippen LogP contribution in [0.2, 0.25) is 0 Å². The first kappa shape index (κ1) is 58.2. The molecule has 4 heterocycles. The fourth-order valence-electron chi connectivity index (χ4n) is 7.16. The third-order valence-corrected chi connectivity index (χ3v) is 11.7. The van der Waals surface area contributed by atoms with Crippen LogP contribution in [-0.2, 0) is 110 Å². The number of carboxylic acids is 2. The lowest BCUT2D eigenvalue weighted by molar-refractivity contribution is -0.777. The highest BCUT2D eigenvalue weighted by atomic mass is 32.3. The lowest BCUT2D eigenvalue weighted by Crippen LogP contribution is -2.71. The summed E-state index contributed by atoms with van der Waals surface area (Å²) in [6, 6.07) is -4.31.